The van der Waals surface area contributed by atoms with Gasteiger partial charge in [0, 0.05) is 17.4 Å². The molecule has 0 saturated carbocycles. The van der Waals surface area contributed by atoms with Crippen LogP contribution in [0.25, 0.3) is 11.5 Å². The summed E-state index contributed by atoms with van der Waals surface area (Å²) < 4.78 is 4.20. The van der Waals surface area contributed by atoms with Crippen LogP contribution in [0.15, 0.2) is 91.1 Å². The lowest BCUT2D eigenvalue weighted by molar-refractivity contribution is 0.194. The molecular formula is C34H35N5O. The zero-order valence-corrected chi connectivity index (χ0v) is 23.7. The maximum atomic E-state index is 14.3. The number of carbonyl (C=O) groups is 1. The lowest BCUT2D eigenvalue weighted by atomic mass is 9.97. The lowest BCUT2D eigenvalue weighted by Gasteiger charge is -2.31. The largest absolute Gasteiger partial charge is 0.322 e. The average Bonchev–Trinajstić information content (AvgIpc) is 3.51. The Balaban J connectivity index is 1.53. The molecule has 6 heteroatoms. The van der Waals surface area contributed by atoms with Crippen LogP contribution in [0.5, 0.6) is 0 Å². The van der Waals surface area contributed by atoms with Crippen LogP contribution in [-0.2, 0) is 6.54 Å². The second-order valence-corrected chi connectivity index (χ2v) is 11.0. The molecule has 5 aromatic rings. The van der Waals surface area contributed by atoms with E-state index in [0.29, 0.717) is 12.5 Å². The predicted octanol–water partition coefficient (Wildman–Crippen LogP) is 7.85. The van der Waals surface area contributed by atoms with Crippen molar-refractivity contribution in [2.75, 3.05) is 5.32 Å². The Morgan fingerprint density at radius 3 is 2.40 bits per heavy atom. The third kappa shape index (κ3) is 4.49. The number of carbonyl (C=O) groups excluding carboxylic acids is 1. The van der Waals surface area contributed by atoms with Crippen LogP contribution in [0.4, 0.5) is 10.5 Å². The molecule has 0 bridgehead atoms. The second kappa shape index (κ2) is 10.2. The standard InChI is InChI=1S/C34H35N5O/c1-22(2)26-15-17-27(18-16-26)32-31-12-9-19-37(31)33-29(25(5)36-39(33)28-10-7-6-8-11-28)21-38(32)34(40)35-30-20-23(3)13-14-24(30)4/h6-20,22,32H,21H2,1-5H3,(H,35,40)/t32-/m0/s1. The number of aromatic nitrogens is 3. The van der Waals surface area contributed by atoms with E-state index in [2.05, 4.69) is 84.5 Å². The van der Waals surface area contributed by atoms with Crippen molar-refractivity contribution in [2.45, 2.75) is 53.1 Å². The number of hydrogen-bond donors (Lipinski definition) is 1. The Labute approximate surface area is 235 Å². The van der Waals surface area contributed by atoms with Gasteiger partial charge in [0.25, 0.3) is 0 Å². The molecule has 0 spiro atoms. The van der Waals surface area contributed by atoms with Crippen LogP contribution in [0.3, 0.4) is 0 Å². The fourth-order valence-corrected chi connectivity index (χ4v) is 5.62. The van der Waals surface area contributed by atoms with E-state index in [1.807, 2.05) is 60.7 Å². The zero-order chi connectivity index (χ0) is 28.0. The Morgan fingerprint density at radius 1 is 0.925 bits per heavy atom. The first-order valence-corrected chi connectivity index (χ1v) is 13.9. The van der Waals surface area contributed by atoms with Gasteiger partial charge in [-0.3, -0.25) is 0 Å². The maximum Gasteiger partial charge on any atom is 0.322 e. The molecule has 2 amide bonds. The van der Waals surface area contributed by atoms with E-state index >= 15 is 0 Å². The molecule has 6 rings (SSSR count). The first-order chi connectivity index (χ1) is 19.3. The van der Waals surface area contributed by atoms with E-state index in [0.717, 1.165) is 50.8 Å². The third-order valence-corrected chi connectivity index (χ3v) is 7.90. The molecule has 2 aromatic heterocycles. The van der Waals surface area contributed by atoms with Crippen molar-refractivity contribution in [2.24, 2.45) is 0 Å². The fraction of sp³-hybridized carbons (Fsp3) is 0.235. The normalized spacial score (nSPS) is 14.6. The van der Waals surface area contributed by atoms with Crippen LogP contribution in [0.2, 0.25) is 0 Å². The van der Waals surface area contributed by atoms with Crippen LogP contribution in [0.1, 0.15) is 65.0 Å². The van der Waals surface area contributed by atoms with Crippen molar-refractivity contribution in [3.8, 4) is 11.5 Å². The number of benzene rings is 3. The molecule has 6 nitrogen and oxygen atoms in total. The molecule has 0 radical (unpaired) electrons. The van der Waals surface area contributed by atoms with E-state index in [4.69, 9.17) is 5.10 Å². The van der Waals surface area contributed by atoms with E-state index in [1.54, 1.807) is 0 Å². The summed E-state index contributed by atoms with van der Waals surface area (Å²) in [7, 11) is 0. The topological polar surface area (TPSA) is 55.1 Å². The quantitative estimate of drug-likeness (QED) is 0.258. The number of hydrogen-bond acceptors (Lipinski definition) is 2. The van der Waals surface area contributed by atoms with Crippen molar-refractivity contribution in [1.29, 1.82) is 0 Å². The predicted molar refractivity (Wildman–Crippen MR) is 160 cm³/mol. The Morgan fingerprint density at radius 2 is 1.68 bits per heavy atom. The first-order valence-electron chi connectivity index (χ1n) is 13.9. The maximum absolute atomic E-state index is 14.3. The summed E-state index contributed by atoms with van der Waals surface area (Å²) in [6.07, 6.45) is 2.08. The van der Waals surface area contributed by atoms with Gasteiger partial charge >= 0.3 is 6.03 Å². The molecule has 0 saturated heterocycles. The van der Waals surface area contributed by atoms with Gasteiger partial charge in [-0.15, -0.1) is 0 Å². The summed E-state index contributed by atoms with van der Waals surface area (Å²) in [6.45, 7) is 10.9. The molecule has 1 aliphatic heterocycles. The van der Waals surface area contributed by atoms with Crippen molar-refractivity contribution >= 4 is 11.7 Å². The molecule has 0 fully saturated rings. The number of nitrogens with one attached hydrogen (secondary N) is 1. The molecule has 40 heavy (non-hydrogen) atoms. The minimum atomic E-state index is -0.294. The highest BCUT2D eigenvalue weighted by Gasteiger charge is 2.36. The third-order valence-electron chi connectivity index (χ3n) is 7.90. The fourth-order valence-electron chi connectivity index (χ4n) is 5.62. The number of rotatable bonds is 4. The van der Waals surface area contributed by atoms with E-state index < -0.39 is 0 Å². The molecular weight excluding hydrogens is 494 g/mol. The van der Waals surface area contributed by atoms with Gasteiger partial charge in [0.05, 0.1) is 29.7 Å². The van der Waals surface area contributed by atoms with E-state index in [9.17, 15) is 4.79 Å². The van der Waals surface area contributed by atoms with Gasteiger partial charge in [0.15, 0.2) is 0 Å². The van der Waals surface area contributed by atoms with Crippen molar-refractivity contribution in [1.82, 2.24) is 19.2 Å². The number of anilines is 1. The SMILES string of the molecule is Cc1ccc(C)c(NC(=O)N2Cc3c(C)nn(-c4ccccc4)c3-n3cccc3[C@@H]2c2ccc(C(C)C)cc2)c1. The number of fused-ring (bicyclic) bond motifs is 3. The molecule has 1 atom stereocenters. The zero-order valence-electron chi connectivity index (χ0n) is 23.7. The number of aryl methyl sites for hydroxylation is 3. The minimum absolute atomic E-state index is 0.140. The molecule has 1 aliphatic rings. The number of para-hydroxylation sites is 1. The Kier molecular flexibility index (Phi) is 6.54. The number of nitrogens with zero attached hydrogens (tertiary/aromatic N) is 4. The first kappa shape index (κ1) is 25.7. The Bertz CT molecular complexity index is 1680. The summed E-state index contributed by atoms with van der Waals surface area (Å²) in [5.41, 5.74) is 9.24. The molecule has 0 aliphatic carbocycles. The van der Waals surface area contributed by atoms with Crippen molar-refractivity contribution in [3.63, 3.8) is 0 Å². The average molecular weight is 530 g/mol. The monoisotopic (exact) mass is 529 g/mol. The summed E-state index contributed by atoms with van der Waals surface area (Å²) in [5.74, 6) is 1.40. The minimum Gasteiger partial charge on any atom is -0.308 e. The molecule has 3 aromatic carbocycles. The summed E-state index contributed by atoms with van der Waals surface area (Å²) >= 11 is 0. The van der Waals surface area contributed by atoms with E-state index in [-0.39, 0.29) is 12.1 Å². The van der Waals surface area contributed by atoms with Gasteiger partial charge in [0.2, 0.25) is 0 Å². The summed E-state index contributed by atoms with van der Waals surface area (Å²) in [6, 6.07) is 28.8. The van der Waals surface area contributed by atoms with Gasteiger partial charge in [-0.05, 0) is 79.3 Å². The Hall–Kier alpha value is -4.58. The van der Waals surface area contributed by atoms with Gasteiger partial charge in [-0.25, -0.2) is 9.48 Å². The van der Waals surface area contributed by atoms with Gasteiger partial charge in [0.1, 0.15) is 5.82 Å². The van der Waals surface area contributed by atoms with Crippen LogP contribution in [-0.4, -0.2) is 25.3 Å². The molecule has 3 heterocycles. The highest BCUT2D eigenvalue weighted by Crippen LogP contribution is 2.39. The smallest absolute Gasteiger partial charge is 0.308 e. The second-order valence-electron chi connectivity index (χ2n) is 11.0. The van der Waals surface area contributed by atoms with Crippen LogP contribution >= 0.6 is 0 Å². The van der Waals surface area contributed by atoms with E-state index in [1.165, 1.54) is 5.56 Å². The van der Waals surface area contributed by atoms with Gasteiger partial charge in [-0.1, -0.05) is 68.4 Å². The van der Waals surface area contributed by atoms with Gasteiger partial charge in [-0.2, -0.15) is 5.10 Å². The van der Waals surface area contributed by atoms with Crippen LogP contribution in [0, 0.1) is 20.8 Å². The van der Waals surface area contributed by atoms with Crippen molar-refractivity contribution < 1.29 is 4.79 Å². The summed E-state index contributed by atoms with van der Waals surface area (Å²) in [5, 5.41) is 8.19. The van der Waals surface area contributed by atoms with Crippen molar-refractivity contribution in [3.05, 3.63) is 130 Å². The summed E-state index contributed by atoms with van der Waals surface area (Å²) in [4.78, 5) is 16.2. The molecule has 202 valence electrons. The highest BCUT2D eigenvalue weighted by molar-refractivity contribution is 5.91. The number of urea groups is 1. The molecule has 1 N–H and O–H groups in total. The lowest BCUT2D eigenvalue weighted by Crippen LogP contribution is -2.38. The van der Waals surface area contributed by atoms with Crippen LogP contribution < -0.4 is 5.32 Å². The van der Waals surface area contributed by atoms with Gasteiger partial charge < -0.3 is 14.8 Å². The highest BCUT2D eigenvalue weighted by atomic mass is 16.2. The number of amides is 2. The molecule has 0 unspecified atom stereocenters.